The van der Waals surface area contributed by atoms with Crippen molar-refractivity contribution >= 4 is 0 Å². The molecule has 0 radical (unpaired) electrons. The third-order valence-corrected chi connectivity index (χ3v) is 3.25. The minimum absolute atomic E-state index is 0.268. The lowest BCUT2D eigenvalue weighted by Gasteiger charge is -2.13. The van der Waals surface area contributed by atoms with Gasteiger partial charge in [0.15, 0.2) is 0 Å². The molecule has 18 heavy (non-hydrogen) atoms. The summed E-state index contributed by atoms with van der Waals surface area (Å²) in [5.41, 5.74) is 1.22. The molecule has 4 nitrogen and oxygen atoms in total. The Bertz CT molecular complexity index is 513. The highest BCUT2D eigenvalue weighted by Crippen LogP contribution is 2.21. The summed E-state index contributed by atoms with van der Waals surface area (Å²) in [7, 11) is 0. The SMILES string of the molecule is CCn1ccnc1CNC(C)c1cc(C)oc1C. The molecular formula is C14H21N3O. The van der Waals surface area contributed by atoms with Crippen LogP contribution < -0.4 is 5.32 Å². The van der Waals surface area contributed by atoms with Gasteiger partial charge >= 0.3 is 0 Å². The first-order valence-electron chi connectivity index (χ1n) is 6.42. The van der Waals surface area contributed by atoms with Crippen molar-refractivity contribution in [2.45, 2.75) is 46.8 Å². The average molecular weight is 247 g/mol. The summed E-state index contributed by atoms with van der Waals surface area (Å²) < 4.78 is 7.70. The van der Waals surface area contributed by atoms with Crippen LogP contribution in [0.15, 0.2) is 22.9 Å². The van der Waals surface area contributed by atoms with Crippen molar-refractivity contribution in [1.29, 1.82) is 0 Å². The van der Waals surface area contributed by atoms with Crippen molar-refractivity contribution in [3.8, 4) is 0 Å². The van der Waals surface area contributed by atoms with E-state index in [1.165, 1.54) is 5.56 Å². The number of hydrogen-bond acceptors (Lipinski definition) is 3. The molecule has 4 heteroatoms. The molecule has 0 aliphatic heterocycles. The van der Waals surface area contributed by atoms with E-state index < -0.39 is 0 Å². The number of imidazole rings is 1. The minimum Gasteiger partial charge on any atom is -0.466 e. The van der Waals surface area contributed by atoms with Crippen LogP contribution in [0, 0.1) is 13.8 Å². The maximum atomic E-state index is 5.56. The van der Waals surface area contributed by atoms with Crippen molar-refractivity contribution in [3.05, 3.63) is 41.4 Å². The molecule has 0 aliphatic carbocycles. The first kappa shape index (κ1) is 12.9. The molecule has 2 aromatic heterocycles. The fourth-order valence-electron chi connectivity index (χ4n) is 2.23. The van der Waals surface area contributed by atoms with E-state index in [-0.39, 0.29) is 6.04 Å². The molecule has 2 heterocycles. The van der Waals surface area contributed by atoms with Gasteiger partial charge in [-0.1, -0.05) is 0 Å². The van der Waals surface area contributed by atoms with Crippen LogP contribution in [0.3, 0.4) is 0 Å². The highest BCUT2D eigenvalue weighted by Gasteiger charge is 2.12. The maximum absolute atomic E-state index is 5.56. The zero-order chi connectivity index (χ0) is 13.1. The van der Waals surface area contributed by atoms with Crippen molar-refractivity contribution in [1.82, 2.24) is 14.9 Å². The number of aryl methyl sites for hydroxylation is 3. The number of rotatable bonds is 5. The second-order valence-electron chi connectivity index (χ2n) is 4.60. The summed E-state index contributed by atoms with van der Waals surface area (Å²) in [5.74, 6) is 3.03. The Morgan fingerprint density at radius 3 is 2.83 bits per heavy atom. The predicted octanol–water partition coefficient (Wildman–Crippen LogP) is 2.96. The quantitative estimate of drug-likeness (QED) is 0.883. The molecule has 1 unspecified atom stereocenters. The van der Waals surface area contributed by atoms with E-state index in [0.717, 1.165) is 30.4 Å². The first-order chi connectivity index (χ1) is 8.61. The lowest BCUT2D eigenvalue weighted by atomic mass is 10.1. The van der Waals surface area contributed by atoms with Gasteiger partial charge in [0.2, 0.25) is 0 Å². The van der Waals surface area contributed by atoms with Gasteiger partial charge in [-0.3, -0.25) is 0 Å². The predicted molar refractivity (Wildman–Crippen MR) is 71.3 cm³/mol. The molecule has 0 saturated heterocycles. The minimum atomic E-state index is 0.268. The smallest absolute Gasteiger partial charge is 0.122 e. The van der Waals surface area contributed by atoms with Crippen LogP contribution in [-0.4, -0.2) is 9.55 Å². The Morgan fingerprint density at radius 2 is 2.22 bits per heavy atom. The molecule has 98 valence electrons. The third kappa shape index (κ3) is 2.64. The largest absolute Gasteiger partial charge is 0.466 e. The number of nitrogens with zero attached hydrogens (tertiary/aromatic N) is 2. The topological polar surface area (TPSA) is 43.0 Å². The monoisotopic (exact) mass is 247 g/mol. The molecule has 0 spiro atoms. The summed E-state index contributed by atoms with van der Waals surface area (Å²) in [6.45, 7) is 9.98. The van der Waals surface area contributed by atoms with E-state index in [2.05, 4.69) is 34.8 Å². The summed E-state index contributed by atoms with van der Waals surface area (Å²) in [6, 6.07) is 2.36. The Kier molecular flexibility index (Phi) is 3.87. The van der Waals surface area contributed by atoms with E-state index in [0.29, 0.717) is 0 Å². The lowest BCUT2D eigenvalue weighted by Crippen LogP contribution is -2.20. The normalized spacial score (nSPS) is 12.9. The number of nitrogens with one attached hydrogen (secondary N) is 1. The lowest BCUT2D eigenvalue weighted by molar-refractivity contribution is 0.486. The zero-order valence-corrected chi connectivity index (χ0v) is 11.5. The van der Waals surface area contributed by atoms with Gasteiger partial charge in [0, 0.05) is 30.5 Å². The number of furan rings is 1. The number of aromatic nitrogens is 2. The summed E-state index contributed by atoms with van der Waals surface area (Å²) in [6.07, 6.45) is 3.85. The van der Waals surface area contributed by atoms with Gasteiger partial charge in [0.1, 0.15) is 17.3 Å². The fraction of sp³-hybridized carbons (Fsp3) is 0.500. The second kappa shape index (κ2) is 5.40. The fourth-order valence-corrected chi connectivity index (χ4v) is 2.23. The highest BCUT2D eigenvalue weighted by atomic mass is 16.3. The van der Waals surface area contributed by atoms with E-state index in [1.807, 2.05) is 26.2 Å². The highest BCUT2D eigenvalue weighted by molar-refractivity contribution is 5.23. The Balaban J connectivity index is 2.00. The maximum Gasteiger partial charge on any atom is 0.122 e. The molecule has 0 bridgehead atoms. The Morgan fingerprint density at radius 1 is 1.44 bits per heavy atom. The molecular weight excluding hydrogens is 226 g/mol. The van der Waals surface area contributed by atoms with Crippen LogP contribution in [0.5, 0.6) is 0 Å². The van der Waals surface area contributed by atoms with Gasteiger partial charge in [-0.25, -0.2) is 4.98 Å². The molecule has 2 rings (SSSR count). The average Bonchev–Trinajstić information content (AvgIpc) is 2.92. The van der Waals surface area contributed by atoms with Gasteiger partial charge in [-0.2, -0.15) is 0 Å². The van der Waals surface area contributed by atoms with Gasteiger partial charge in [-0.05, 0) is 33.8 Å². The van der Waals surface area contributed by atoms with Crippen LogP contribution in [0.1, 0.15) is 42.8 Å². The van der Waals surface area contributed by atoms with Gasteiger partial charge < -0.3 is 14.3 Å². The van der Waals surface area contributed by atoms with Crippen molar-refractivity contribution in [2.24, 2.45) is 0 Å². The molecule has 0 fully saturated rings. The molecule has 1 N–H and O–H groups in total. The van der Waals surface area contributed by atoms with E-state index in [1.54, 1.807) is 0 Å². The van der Waals surface area contributed by atoms with Gasteiger partial charge in [0.25, 0.3) is 0 Å². The van der Waals surface area contributed by atoms with Crippen molar-refractivity contribution in [2.75, 3.05) is 0 Å². The molecule has 1 atom stereocenters. The second-order valence-corrected chi connectivity index (χ2v) is 4.60. The molecule has 0 aliphatic rings. The van der Waals surface area contributed by atoms with Crippen LogP contribution in [0.25, 0.3) is 0 Å². The summed E-state index contributed by atoms with van der Waals surface area (Å²) in [5, 5.41) is 3.49. The van der Waals surface area contributed by atoms with E-state index in [9.17, 15) is 0 Å². The molecule has 0 saturated carbocycles. The number of hydrogen-bond donors (Lipinski definition) is 1. The Labute approximate surface area is 108 Å². The Hall–Kier alpha value is -1.55. The van der Waals surface area contributed by atoms with Crippen LogP contribution in [-0.2, 0) is 13.1 Å². The van der Waals surface area contributed by atoms with Crippen LogP contribution >= 0.6 is 0 Å². The standard InChI is InChI=1S/C14H21N3O/c1-5-17-7-6-15-14(17)9-16-11(3)13-8-10(2)18-12(13)4/h6-8,11,16H,5,9H2,1-4H3. The van der Waals surface area contributed by atoms with Gasteiger partial charge in [0.05, 0.1) is 6.54 Å². The van der Waals surface area contributed by atoms with E-state index >= 15 is 0 Å². The van der Waals surface area contributed by atoms with Crippen LogP contribution in [0.2, 0.25) is 0 Å². The molecule has 0 amide bonds. The van der Waals surface area contributed by atoms with E-state index in [4.69, 9.17) is 4.42 Å². The zero-order valence-electron chi connectivity index (χ0n) is 11.5. The molecule has 2 aromatic rings. The molecule has 0 aromatic carbocycles. The van der Waals surface area contributed by atoms with Crippen LogP contribution in [0.4, 0.5) is 0 Å². The third-order valence-electron chi connectivity index (χ3n) is 3.25. The first-order valence-corrected chi connectivity index (χ1v) is 6.42. The van der Waals surface area contributed by atoms with Crippen molar-refractivity contribution < 1.29 is 4.42 Å². The summed E-state index contributed by atoms with van der Waals surface area (Å²) >= 11 is 0. The summed E-state index contributed by atoms with van der Waals surface area (Å²) in [4.78, 5) is 4.36. The van der Waals surface area contributed by atoms with Gasteiger partial charge in [-0.15, -0.1) is 0 Å². The van der Waals surface area contributed by atoms with Crippen molar-refractivity contribution in [3.63, 3.8) is 0 Å².